The quantitative estimate of drug-likeness (QED) is 0.713. The molecule has 0 unspecified atom stereocenters. The molecule has 1 aromatic rings. The molecule has 0 aliphatic rings. The van der Waals surface area contributed by atoms with E-state index in [0.717, 1.165) is 11.4 Å². The van der Waals surface area contributed by atoms with E-state index in [4.69, 9.17) is 11.6 Å². The Morgan fingerprint density at radius 3 is 2.62 bits per heavy atom. The number of carbonyl (C=O) groups excluding carboxylic acids is 1. The fraction of sp³-hybridized carbons (Fsp3) is 0.429. The largest absolute Gasteiger partial charge is 0.292 e. The van der Waals surface area contributed by atoms with Crippen molar-refractivity contribution in [2.75, 3.05) is 11.2 Å². The Kier molecular flexibility index (Phi) is 3.13. The average Bonchev–Trinajstić information content (AvgIpc) is 2.11. The van der Waals surface area contributed by atoms with Gasteiger partial charge in [-0.2, -0.15) is 5.10 Å². The lowest BCUT2D eigenvalue weighted by Gasteiger charge is -2.01. The summed E-state index contributed by atoms with van der Waals surface area (Å²) < 4.78 is 0. The Hall–Kier alpha value is -1.23. The fourth-order valence-electron chi connectivity index (χ4n) is 0.668. The molecule has 0 aliphatic carbocycles. The van der Waals surface area contributed by atoms with E-state index in [1.54, 1.807) is 13.8 Å². The van der Waals surface area contributed by atoms with E-state index >= 15 is 0 Å². The average molecular weight is 201 g/mol. The molecule has 1 rings (SSSR count). The molecule has 70 valence electrons. The molecule has 0 atom stereocenters. The Labute approximate surface area is 80.5 Å². The molecular formula is C7H9ClN4O. The maximum atomic E-state index is 10.8. The van der Waals surface area contributed by atoms with E-state index in [1.165, 1.54) is 0 Å². The highest BCUT2D eigenvalue weighted by molar-refractivity contribution is 6.28. The van der Waals surface area contributed by atoms with Crippen LogP contribution in [0.25, 0.3) is 0 Å². The van der Waals surface area contributed by atoms with Crippen LogP contribution in [0.2, 0.25) is 0 Å². The molecule has 13 heavy (non-hydrogen) atoms. The van der Waals surface area contributed by atoms with Crippen molar-refractivity contribution in [1.82, 2.24) is 15.2 Å². The van der Waals surface area contributed by atoms with Gasteiger partial charge in [0.15, 0.2) is 0 Å². The van der Waals surface area contributed by atoms with Crippen molar-refractivity contribution in [1.29, 1.82) is 0 Å². The molecule has 0 saturated heterocycles. The molecule has 0 fully saturated rings. The van der Waals surface area contributed by atoms with Gasteiger partial charge in [0.2, 0.25) is 11.9 Å². The van der Waals surface area contributed by atoms with Crippen molar-refractivity contribution in [3.8, 4) is 0 Å². The van der Waals surface area contributed by atoms with Gasteiger partial charge in [0, 0.05) is 0 Å². The van der Waals surface area contributed by atoms with E-state index in [1.807, 2.05) is 0 Å². The molecular weight excluding hydrogens is 192 g/mol. The number of carbonyl (C=O) groups is 1. The summed E-state index contributed by atoms with van der Waals surface area (Å²) in [6, 6.07) is 0. The number of aromatic nitrogens is 3. The minimum Gasteiger partial charge on any atom is -0.292 e. The minimum absolute atomic E-state index is 0.115. The highest BCUT2D eigenvalue weighted by Gasteiger charge is 2.04. The lowest BCUT2D eigenvalue weighted by atomic mass is 10.4. The third-order valence-electron chi connectivity index (χ3n) is 1.46. The molecule has 1 heterocycles. The van der Waals surface area contributed by atoms with Crippen molar-refractivity contribution in [2.45, 2.75) is 13.8 Å². The number of alkyl halides is 1. The zero-order chi connectivity index (χ0) is 9.84. The Bertz CT molecular complexity index is 328. The van der Waals surface area contributed by atoms with E-state index in [-0.39, 0.29) is 17.7 Å². The van der Waals surface area contributed by atoms with Crippen LogP contribution in [0.5, 0.6) is 0 Å². The third kappa shape index (κ3) is 2.62. The van der Waals surface area contributed by atoms with Gasteiger partial charge in [0.05, 0.1) is 11.4 Å². The number of nitrogens with zero attached hydrogens (tertiary/aromatic N) is 3. The molecule has 0 radical (unpaired) electrons. The van der Waals surface area contributed by atoms with Crippen molar-refractivity contribution in [3.63, 3.8) is 0 Å². The summed E-state index contributed by atoms with van der Waals surface area (Å²) in [5, 5.41) is 9.88. The third-order valence-corrected chi connectivity index (χ3v) is 1.71. The predicted molar refractivity (Wildman–Crippen MR) is 48.7 cm³/mol. The predicted octanol–water partition coefficient (Wildman–Crippen LogP) is 0.666. The molecule has 5 nitrogen and oxygen atoms in total. The van der Waals surface area contributed by atoms with Crippen LogP contribution in [0.4, 0.5) is 5.95 Å². The van der Waals surface area contributed by atoms with Gasteiger partial charge in [-0.25, -0.2) is 4.98 Å². The van der Waals surface area contributed by atoms with Crippen molar-refractivity contribution < 1.29 is 4.79 Å². The van der Waals surface area contributed by atoms with Crippen molar-refractivity contribution in [3.05, 3.63) is 11.4 Å². The summed E-state index contributed by atoms with van der Waals surface area (Å²) in [7, 11) is 0. The van der Waals surface area contributed by atoms with Crippen LogP contribution in [0, 0.1) is 13.8 Å². The molecule has 0 saturated carbocycles. The highest BCUT2D eigenvalue weighted by Crippen LogP contribution is 2.01. The van der Waals surface area contributed by atoms with Gasteiger partial charge in [0.1, 0.15) is 5.88 Å². The normalized spacial score (nSPS) is 9.77. The zero-order valence-corrected chi connectivity index (χ0v) is 8.09. The van der Waals surface area contributed by atoms with Crippen LogP contribution in [0.1, 0.15) is 11.4 Å². The number of hydrogen-bond donors (Lipinski definition) is 1. The number of amides is 1. The summed E-state index contributed by atoms with van der Waals surface area (Å²) in [5.74, 6) is -0.267. The van der Waals surface area contributed by atoms with Crippen LogP contribution in [0.15, 0.2) is 0 Å². The molecule has 0 aromatic carbocycles. The number of aryl methyl sites for hydroxylation is 2. The Balaban J connectivity index is 2.79. The molecule has 0 bridgehead atoms. The van der Waals surface area contributed by atoms with Gasteiger partial charge < -0.3 is 0 Å². The van der Waals surface area contributed by atoms with Gasteiger partial charge in [0.25, 0.3) is 0 Å². The number of hydrogen-bond acceptors (Lipinski definition) is 4. The second-order valence-corrected chi connectivity index (χ2v) is 2.76. The van der Waals surface area contributed by atoms with E-state index in [2.05, 4.69) is 20.5 Å². The molecule has 1 aromatic heterocycles. The number of rotatable bonds is 2. The first kappa shape index (κ1) is 9.85. The Morgan fingerprint density at radius 2 is 2.08 bits per heavy atom. The summed E-state index contributed by atoms with van der Waals surface area (Å²) in [5.41, 5.74) is 1.48. The van der Waals surface area contributed by atoms with Crippen LogP contribution >= 0.6 is 11.6 Å². The highest BCUT2D eigenvalue weighted by atomic mass is 35.5. The number of nitrogens with one attached hydrogen (secondary N) is 1. The Morgan fingerprint density at radius 1 is 1.38 bits per heavy atom. The van der Waals surface area contributed by atoms with Crippen LogP contribution in [-0.4, -0.2) is 27.0 Å². The maximum absolute atomic E-state index is 10.8. The molecule has 0 spiro atoms. The molecule has 6 heteroatoms. The summed E-state index contributed by atoms with van der Waals surface area (Å²) in [6.07, 6.45) is 0. The van der Waals surface area contributed by atoms with Gasteiger partial charge in [-0.15, -0.1) is 16.7 Å². The topological polar surface area (TPSA) is 67.8 Å². The standard InChI is InChI=1S/C7H9ClN4O/c1-4-5(2)11-12-7(9-4)10-6(13)3-8/h3H2,1-2H3,(H,9,10,12,13). The van der Waals surface area contributed by atoms with Crippen LogP contribution in [0.3, 0.4) is 0 Å². The van der Waals surface area contributed by atoms with Crippen LogP contribution in [-0.2, 0) is 4.79 Å². The second kappa shape index (κ2) is 4.13. The number of anilines is 1. The first-order chi connectivity index (χ1) is 6.13. The van der Waals surface area contributed by atoms with Gasteiger partial charge in [-0.05, 0) is 13.8 Å². The smallest absolute Gasteiger partial charge is 0.249 e. The van der Waals surface area contributed by atoms with E-state index in [9.17, 15) is 4.79 Å². The molecule has 1 N–H and O–H groups in total. The van der Waals surface area contributed by atoms with Crippen molar-refractivity contribution >= 4 is 23.5 Å². The van der Waals surface area contributed by atoms with E-state index < -0.39 is 0 Å². The summed E-state index contributed by atoms with van der Waals surface area (Å²) >= 11 is 5.28. The number of halogens is 1. The maximum Gasteiger partial charge on any atom is 0.249 e. The first-order valence-electron chi connectivity index (χ1n) is 3.67. The zero-order valence-electron chi connectivity index (χ0n) is 7.33. The summed E-state index contributed by atoms with van der Waals surface area (Å²) in [4.78, 5) is 14.8. The van der Waals surface area contributed by atoms with Gasteiger partial charge in [-0.3, -0.25) is 10.1 Å². The lowest BCUT2D eigenvalue weighted by molar-refractivity contribution is -0.114. The monoisotopic (exact) mass is 200 g/mol. The van der Waals surface area contributed by atoms with Crippen LogP contribution < -0.4 is 5.32 Å². The van der Waals surface area contributed by atoms with Crippen molar-refractivity contribution in [2.24, 2.45) is 0 Å². The second-order valence-electron chi connectivity index (χ2n) is 2.49. The minimum atomic E-state index is -0.341. The molecule has 0 aliphatic heterocycles. The SMILES string of the molecule is Cc1nnc(NC(=O)CCl)nc1C. The van der Waals surface area contributed by atoms with Gasteiger partial charge in [-0.1, -0.05) is 0 Å². The van der Waals surface area contributed by atoms with E-state index in [0.29, 0.717) is 0 Å². The first-order valence-corrected chi connectivity index (χ1v) is 4.20. The molecule has 1 amide bonds. The fourth-order valence-corrected chi connectivity index (χ4v) is 0.735. The summed E-state index contributed by atoms with van der Waals surface area (Å²) in [6.45, 7) is 3.59. The lowest BCUT2D eigenvalue weighted by Crippen LogP contribution is -2.16. The van der Waals surface area contributed by atoms with Gasteiger partial charge >= 0.3 is 0 Å².